The predicted molar refractivity (Wildman–Crippen MR) is 67.1 cm³/mol. The molecule has 0 aromatic rings. The maximum absolute atomic E-state index is 11.6. The van der Waals surface area contributed by atoms with E-state index in [2.05, 4.69) is 5.32 Å². The molecular formula is C13H26N2O. The number of nitrogens with two attached hydrogens (primary N) is 1. The fraction of sp³-hybridized carbons (Fsp3) is 0.923. The van der Waals surface area contributed by atoms with Crippen LogP contribution in [0.3, 0.4) is 0 Å². The largest absolute Gasteiger partial charge is 0.356 e. The average molecular weight is 226 g/mol. The minimum Gasteiger partial charge on any atom is -0.356 e. The highest BCUT2D eigenvalue weighted by molar-refractivity contribution is 5.76. The van der Waals surface area contributed by atoms with E-state index in [1.807, 2.05) is 0 Å². The molecule has 94 valence electrons. The topological polar surface area (TPSA) is 55.1 Å². The first-order valence-electron chi connectivity index (χ1n) is 6.79. The van der Waals surface area contributed by atoms with Crippen LogP contribution in [0.25, 0.3) is 0 Å². The molecule has 1 amide bonds. The van der Waals surface area contributed by atoms with Crippen LogP contribution >= 0.6 is 0 Å². The Morgan fingerprint density at radius 3 is 2.44 bits per heavy atom. The van der Waals surface area contributed by atoms with Gasteiger partial charge in [-0.2, -0.15) is 0 Å². The summed E-state index contributed by atoms with van der Waals surface area (Å²) >= 11 is 0. The first-order valence-corrected chi connectivity index (χ1v) is 6.79. The van der Waals surface area contributed by atoms with Gasteiger partial charge in [0.25, 0.3) is 0 Å². The molecule has 3 nitrogen and oxygen atoms in total. The Hall–Kier alpha value is -0.570. The van der Waals surface area contributed by atoms with E-state index in [1.54, 1.807) is 0 Å². The Balaban J connectivity index is 2.07. The van der Waals surface area contributed by atoms with Gasteiger partial charge in [-0.1, -0.05) is 25.7 Å². The first-order chi connectivity index (χ1) is 7.83. The first kappa shape index (κ1) is 13.5. The number of unbranched alkanes of at least 4 members (excludes halogenated alkanes) is 1. The summed E-state index contributed by atoms with van der Waals surface area (Å²) in [7, 11) is 0. The van der Waals surface area contributed by atoms with E-state index in [0.717, 1.165) is 32.4 Å². The third-order valence-corrected chi connectivity index (χ3v) is 3.40. The molecule has 0 unspecified atom stereocenters. The summed E-state index contributed by atoms with van der Waals surface area (Å²) < 4.78 is 0. The third-order valence-electron chi connectivity index (χ3n) is 3.40. The van der Waals surface area contributed by atoms with Crippen molar-refractivity contribution in [1.29, 1.82) is 0 Å². The van der Waals surface area contributed by atoms with Crippen molar-refractivity contribution in [3.63, 3.8) is 0 Å². The highest BCUT2D eigenvalue weighted by atomic mass is 16.1. The van der Waals surface area contributed by atoms with Crippen LogP contribution in [-0.2, 0) is 4.79 Å². The van der Waals surface area contributed by atoms with Crippen LogP contribution in [0.2, 0.25) is 0 Å². The Labute approximate surface area is 99.2 Å². The van der Waals surface area contributed by atoms with E-state index in [9.17, 15) is 4.79 Å². The standard InChI is InChI=1S/C13H26N2O/c14-9-5-6-10-15-13(16)11-12-7-3-1-2-4-8-12/h12H,1-11,14H2,(H,15,16). The lowest BCUT2D eigenvalue weighted by Gasteiger charge is -2.13. The molecular weight excluding hydrogens is 200 g/mol. The number of hydrogen-bond acceptors (Lipinski definition) is 2. The molecule has 0 heterocycles. The summed E-state index contributed by atoms with van der Waals surface area (Å²) in [6, 6.07) is 0. The molecule has 3 heteroatoms. The molecule has 3 N–H and O–H groups in total. The van der Waals surface area contributed by atoms with Crippen LogP contribution in [0.5, 0.6) is 0 Å². The number of rotatable bonds is 6. The van der Waals surface area contributed by atoms with Gasteiger partial charge in [0.2, 0.25) is 5.91 Å². The van der Waals surface area contributed by atoms with Gasteiger partial charge in [-0.05, 0) is 38.1 Å². The van der Waals surface area contributed by atoms with Gasteiger partial charge >= 0.3 is 0 Å². The Bertz CT molecular complexity index is 186. The molecule has 0 aliphatic heterocycles. The fourth-order valence-corrected chi connectivity index (χ4v) is 2.40. The van der Waals surface area contributed by atoms with Crippen molar-refractivity contribution in [2.75, 3.05) is 13.1 Å². The highest BCUT2D eigenvalue weighted by Crippen LogP contribution is 2.25. The van der Waals surface area contributed by atoms with Gasteiger partial charge in [0, 0.05) is 13.0 Å². The van der Waals surface area contributed by atoms with Gasteiger partial charge < -0.3 is 11.1 Å². The molecule has 0 aromatic carbocycles. The van der Waals surface area contributed by atoms with Crippen LogP contribution in [0.1, 0.15) is 57.8 Å². The van der Waals surface area contributed by atoms with Crippen LogP contribution in [0.4, 0.5) is 0 Å². The smallest absolute Gasteiger partial charge is 0.220 e. The highest BCUT2D eigenvalue weighted by Gasteiger charge is 2.15. The summed E-state index contributed by atoms with van der Waals surface area (Å²) in [4.78, 5) is 11.6. The molecule has 1 aliphatic carbocycles. The van der Waals surface area contributed by atoms with E-state index in [-0.39, 0.29) is 5.91 Å². The molecule has 0 radical (unpaired) electrons. The minimum absolute atomic E-state index is 0.240. The van der Waals surface area contributed by atoms with Crippen molar-refractivity contribution in [1.82, 2.24) is 5.32 Å². The van der Waals surface area contributed by atoms with Crippen molar-refractivity contribution in [3.05, 3.63) is 0 Å². The maximum atomic E-state index is 11.6. The second kappa shape index (κ2) is 8.57. The van der Waals surface area contributed by atoms with Gasteiger partial charge in [0.15, 0.2) is 0 Å². The number of amides is 1. The molecule has 0 spiro atoms. The lowest BCUT2D eigenvalue weighted by atomic mass is 9.96. The lowest BCUT2D eigenvalue weighted by Crippen LogP contribution is -2.26. The zero-order valence-corrected chi connectivity index (χ0v) is 10.3. The maximum Gasteiger partial charge on any atom is 0.220 e. The van der Waals surface area contributed by atoms with E-state index in [0.29, 0.717) is 5.92 Å². The molecule has 1 rings (SSSR count). The van der Waals surface area contributed by atoms with E-state index in [4.69, 9.17) is 5.73 Å². The average Bonchev–Trinajstić information content (AvgIpc) is 2.53. The van der Waals surface area contributed by atoms with Crippen LogP contribution < -0.4 is 11.1 Å². The third kappa shape index (κ3) is 6.11. The molecule has 0 saturated heterocycles. The summed E-state index contributed by atoms with van der Waals surface area (Å²) in [6.45, 7) is 1.52. The quantitative estimate of drug-likeness (QED) is 0.539. The number of nitrogens with one attached hydrogen (secondary N) is 1. The molecule has 0 bridgehead atoms. The Morgan fingerprint density at radius 1 is 1.12 bits per heavy atom. The zero-order chi connectivity index (χ0) is 11.6. The SMILES string of the molecule is NCCCCNC(=O)CC1CCCCCC1. The van der Waals surface area contributed by atoms with Crippen molar-refractivity contribution in [3.8, 4) is 0 Å². The summed E-state index contributed by atoms with van der Waals surface area (Å²) in [5.41, 5.74) is 5.40. The predicted octanol–water partition coefficient (Wildman–Crippen LogP) is 2.20. The van der Waals surface area contributed by atoms with Crippen LogP contribution in [0.15, 0.2) is 0 Å². The van der Waals surface area contributed by atoms with Gasteiger partial charge in [-0.25, -0.2) is 0 Å². The molecule has 1 fully saturated rings. The van der Waals surface area contributed by atoms with Crippen LogP contribution in [0, 0.1) is 5.92 Å². The number of carbonyl (C=O) groups is 1. The van der Waals surface area contributed by atoms with Gasteiger partial charge in [0.05, 0.1) is 0 Å². The second-order valence-electron chi connectivity index (χ2n) is 4.91. The van der Waals surface area contributed by atoms with Crippen molar-refractivity contribution >= 4 is 5.91 Å². The minimum atomic E-state index is 0.240. The van der Waals surface area contributed by atoms with Gasteiger partial charge in [-0.15, -0.1) is 0 Å². The monoisotopic (exact) mass is 226 g/mol. The molecule has 0 atom stereocenters. The van der Waals surface area contributed by atoms with Crippen LogP contribution in [-0.4, -0.2) is 19.0 Å². The van der Waals surface area contributed by atoms with E-state index >= 15 is 0 Å². The Kier molecular flexibility index (Phi) is 7.23. The molecule has 0 aromatic heterocycles. The van der Waals surface area contributed by atoms with E-state index < -0.39 is 0 Å². The summed E-state index contributed by atoms with van der Waals surface area (Å²) in [5.74, 6) is 0.876. The molecule has 1 aliphatic rings. The number of carbonyl (C=O) groups excluding carboxylic acids is 1. The van der Waals surface area contributed by atoms with E-state index in [1.165, 1.54) is 38.5 Å². The number of hydrogen-bond donors (Lipinski definition) is 2. The summed E-state index contributed by atoms with van der Waals surface area (Å²) in [5, 5.41) is 2.99. The normalized spacial score (nSPS) is 18.1. The van der Waals surface area contributed by atoms with Gasteiger partial charge in [-0.3, -0.25) is 4.79 Å². The van der Waals surface area contributed by atoms with Crippen molar-refractivity contribution < 1.29 is 4.79 Å². The lowest BCUT2D eigenvalue weighted by molar-refractivity contribution is -0.122. The molecule has 1 saturated carbocycles. The van der Waals surface area contributed by atoms with Gasteiger partial charge in [0.1, 0.15) is 0 Å². The Morgan fingerprint density at radius 2 is 1.81 bits per heavy atom. The second-order valence-corrected chi connectivity index (χ2v) is 4.91. The molecule has 16 heavy (non-hydrogen) atoms. The fourth-order valence-electron chi connectivity index (χ4n) is 2.40. The summed E-state index contributed by atoms with van der Waals surface area (Å²) in [6.07, 6.45) is 10.6. The van der Waals surface area contributed by atoms with Crippen molar-refractivity contribution in [2.24, 2.45) is 11.7 Å². The zero-order valence-electron chi connectivity index (χ0n) is 10.3. The van der Waals surface area contributed by atoms with Crippen molar-refractivity contribution in [2.45, 2.75) is 57.8 Å².